The van der Waals surface area contributed by atoms with E-state index >= 15 is 0 Å². The van der Waals surface area contributed by atoms with E-state index in [2.05, 4.69) is 34.2 Å². The van der Waals surface area contributed by atoms with Crippen molar-refractivity contribution in [1.29, 1.82) is 0 Å². The van der Waals surface area contributed by atoms with Crippen molar-refractivity contribution in [2.24, 2.45) is 0 Å². The maximum absolute atomic E-state index is 12.4. The number of amides is 1. The summed E-state index contributed by atoms with van der Waals surface area (Å²) in [4.78, 5) is 18.3. The summed E-state index contributed by atoms with van der Waals surface area (Å²) in [5.41, 5.74) is 2.30. The normalized spacial score (nSPS) is 12.2. The first-order valence-electron chi connectivity index (χ1n) is 7.28. The maximum atomic E-state index is 12.4. The van der Waals surface area contributed by atoms with E-state index in [-0.39, 0.29) is 17.8 Å². The summed E-state index contributed by atoms with van der Waals surface area (Å²) in [6, 6.07) is 8.17. The Labute approximate surface area is 125 Å². The molecule has 2 aromatic rings. The number of aromatic nitrogens is 3. The third kappa shape index (κ3) is 3.48. The largest absolute Gasteiger partial charge is 0.332 e. The number of rotatable bonds is 5. The van der Waals surface area contributed by atoms with Crippen LogP contribution in [0.15, 0.2) is 24.3 Å². The lowest BCUT2D eigenvalue weighted by Gasteiger charge is -2.24. The van der Waals surface area contributed by atoms with Gasteiger partial charge in [0.1, 0.15) is 5.82 Å². The molecular formula is C16H22N4O. The van der Waals surface area contributed by atoms with Crippen LogP contribution in [0.5, 0.6) is 0 Å². The minimum absolute atomic E-state index is 0.0220. The van der Waals surface area contributed by atoms with Crippen molar-refractivity contribution in [3.8, 4) is 0 Å². The average Bonchev–Trinajstić information content (AvgIpc) is 2.95. The number of hydrogen-bond acceptors (Lipinski definition) is 3. The SMILES string of the molecule is CCCc1nc(C(=O)N(C)C(C)c2ccc(C)cc2)n[nH]1. The van der Waals surface area contributed by atoms with E-state index in [0.29, 0.717) is 0 Å². The molecule has 0 aliphatic rings. The Morgan fingerprint density at radius 3 is 2.62 bits per heavy atom. The fraction of sp³-hybridized carbons (Fsp3) is 0.438. The molecule has 0 spiro atoms. The van der Waals surface area contributed by atoms with E-state index in [4.69, 9.17) is 0 Å². The van der Waals surface area contributed by atoms with Crippen molar-refractivity contribution in [1.82, 2.24) is 20.1 Å². The quantitative estimate of drug-likeness (QED) is 0.919. The van der Waals surface area contributed by atoms with E-state index in [9.17, 15) is 4.79 Å². The average molecular weight is 286 g/mol. The fourth-order valence-electron chi connectivity index (χ4n) is 2.14. The number of aryl methyl sites for hydroxylation is 2. The lowest BCUT2D eigenvalue weighted by Crippen LogP contribution is -2.30. The van der Waals surface area contributed by atoms with Crippen LogP contribution in [-0.4, -0.2) is 33.0 Å². The molecule has 1 unspecified atom stereocenters. The van der Waals surface area contributed by atoms with Crippen molar-refractivity contribution in [3.05, 3.63) is 47.0 Å². The molecule has 2 rings (SSSR count). The molecule has 5 nitrogen and oxygen atoms in total. The van der Waals surface area contributed by atoms with Crippen molar-refractivity contribution < 1.29 is 4.79 Å². The predicted molar refractivity (Wildman–Crippen MR) is 82.1 cm³/mol. The van der Waals surface area contributed by atoms with Gasteiger partial charge in [-0.15, -0.1) is 5.10 Å². The number of aromatic amines is 1. The summed E-state index contributed by atoms with van der Waals surface area (Å²) >= 11 is 0. The van der Waals surface area contributed by atoms with Crippen LogP contribution >= 0.6 is 0 Å². The number of hydrogen-bond donors (Lipinski definition) is 1. The Morgan fingerprint density at radius 2 is 2.00 bits per heavy atom. The molecule has 1 N–H and O–H groups in total. The van der Waals surface area contributed by atoms with E-state index in [1.54, 1.807) is 11.9 Å². The molecular weight excluding hydrogens is 264 g/mol. The zero-order chi connectivity index (χ0) is 15.4. The number of carbonyl (C=O) groups excluding carboxylic acids is 1. The van der Waals surface area contributed by atoms with Crippen LogP contribution in [0, 0.1) is 6.92 Å². The van der Waals surface area contributed by atoms with Crippen LogP contribution in [-0.2, 0) is 6.42 Å². The molecule has 1 amide bonds. The summed E-state index contributed by atoms with van der Waals surface area (Å²) in [6.45, 7) is 6.12. The highest BCUT2D eigenvalue weighted by molar-refractivity contribution is 5.90. The minimum atomic E-state index is -0.165. The van der Waals surface area contributed by atoms with Gasteiger partial charge in [0.25, 0.3) is 5.91 Å². The second-order valence-corrected chi connectivity index (χ2v) is 5.36. The first-order valence-corrected chi connectivity index (χ1v) is 7.28. The smallest absolute Gasteiger partial charge is 0.293 e. The number of H-pyrrole nitrogens is 1. The third-order valence-electron chi connectivity index (χ3n) is 3.67. The number of carbonyl (C=O) groups is 1. The Balaban J connectivity index is 2.12. The van der Waals surface area contributed by atoms with Crippen molar-refractivity contribution in [2.45, 2.75) is 39.7 Å². The zero-order valence-electron chi connectivity index (χ0n) is 13.1. The maximum Gasteiger partial charge on any atom is 0.293 e. The summed E-state index contributed by atoms with van der Waals surface area (Å²) < 4.78 is 0. The Kier molecular flexibility index (Phi) is 4.73. The standard InChI is InChI=1S/C16H22N4O/c1-5-6-14-17-15(19-18-14)16(21)20(4)12(3)13-9-7-11(2)8-10-13/h7-10,12H,5-6H2,1-4H3,(H,17,18,19). The van der Waals surface area contributed by atoms with E-state index < -0.39 is 0 Å². The minimum Gasteiger partial charge on any atom is -0.332 e. The highest BCUT2D eigenvalue weighted by Crippen LogP contribution is 2.20. The Hall–Kier alpha value is -2.17. The van der Waals surface area contributed by atoms with Crippen molar-refractivity contribution >= 4 is 5.91 Å². The molecule has 0 aliphatic carbocycles. The lowest BCUT2D eigenvalue weighted by molar-refractivity contribution is 0.0730. The first kappa shape index (κ1) is 15.2. The van der Waals surface area contributed by atoms with Crippen LogP contribution in [0.4, 0.5) is 0 Å². The van der Waals surface area contributed by atoms with E-state index in [1.807, 2.05) is 26.0 Å². The molecule has 0 saturated carbocycles. The number of nitrogens with one attached hydrogen (secondary N) is 1. The molecule has 0 aliphatic heterocycles. The predicted octanol–water partition coefficient (Wildman–Crippen LogP) is 2.90. The fourth-order valence-corrected chi connectivity index (χ4v) is 2.14. The van der Waals surface area contributed by atoms with Gasteiger partial charge in [0.2, 0.25) is 5.82 Å². The van der Waals surface area contributed by atoms with Gasteiger partial charge in [-0.1, -0.05) is 36.8 Å². The van der Waals surface area contributed by atoms with E-state index in [1.165, 1.54) is 5.56 Å². The zero-order valence-corrected chi connectivity index (χ0v) is 13.1. The van der Waals surface area contributed by atoms with E-state index in [0.717, 1.165) is 24.2 Å². The van der Waals surface area contributed by atoms with Gasteiger partial charge < -0.3 is 4.90 Å². The summed E-state index contributed by atoms with van der Waals surface area (Å²) in [6.07, 6.45) is 1.77. The van der Waals surface area contributed by atoms with Crippen LogP contribution < -0.4 is 0 Å². The third-order valence-corrected chi connectivity index (χ3v) is 3.67. The van der Waals surface area contributed by atoms with Gasteiger partial charge in [-0.3, -0.25) is 9.89 Å². The van der Waals surface area contributed by atoms with Crippen LogP contribution in [0.25, 0.3) is 0 Å². The van der Waals surface area contributed by atoms with Gasteiger partial charge in [0.15, 0.2) is 0 Å². The van der Waals surface area contributed by atoms with Crippen LogP contribution in [0.1, 0.15) is 53.9 Å². The first-order chi connectivity index (χ1) is 10.0. The Morgan fingerprint density at radius 1 is 1.33 bits per heavy atom. The summed E-state index contributed by atoms with van der Waals surface area (Å²) in [7, 11) is 1.78. The van der Waals surface area contributed by atoms with Gasteiger partial charge >= 0.3 is 0 Å². The van der Waals surface area contributed by atoms with Crippen LogP contribution in [0.3, 0.4) is 0 Å². The summed E-state index contributed by atoms with van der Waals surface area (Å²) in [5.74, 6) is 0.832. The van der Waals surface area contributed by atoms with Gasteiger partial charge in [-0.05, 0) is 25.8 Å². The second kappa shape index (κ2) is 6.52. The molecule has 0 radical (unpaired) electrons. The Bertz CT molecular complexity index is 603. The molecule has 1 aromatic carbocycles. The molecule has 0 saturated heterocycles. The second-order valence-electron chi connectivity index (χ2n) is 5.36. The van der Waals surface area contributed by atoms with Crippen molar-refractivity contribution in [2.75, 3.05) is 7.05 Å². The van der Waals surface area contributed by atoms with Gasteiger partial charge in [-0.25, -0.2) is 4.98 Å². The van der Waals surface area contributed by atoms with Gasteiger partial charge in [-0.2, -0.15) is 0 Å². The summed E-state index contributed by atoms with van der Waals surface area (Å²) in [5, 5.41) is 6.84. The molecule has 112 valence electrons. The monoisotopic (exact) mass is 286 g/mol. The van der Waals surface area contributed by atoms with Crippen LogP contribution in [0.2, 0.25) is 0 Å². The molecule has 0 fully saturated rings. The van der Waals surface area contributed by atoms with Gasteiger partial charge in [0, 0.05) is 13.5 Å². The molecule has 0 bridgehead atoms. The highest BCUT2D eigenvalue weighted by atomic mass is 16.2. The lowest BCUT2D eigenvalue weighted by atomic mass is 10.1. The number of benzene rings is 1. The molecule has 21 heavy (non-hydrogen) atoms. The highest BCUT2D eigenvalue weighted by Gasteiger charge is 2.22. The van der Waals surface area contributed by atoms with Crippen molar-refractivity contribution in [3.63, 3.8) is 0 Å². The molecule has 1 heterocycles. The molecule has 5 heteroatoms. The topological polar surface area (TPSA) is 61.9 Å². The molecule has 1 aromatic heterocycles. The number of nitrogens with zero attached hydrogens (tertiary/aromatic N) is 3. The van der Waals surface area contributed by atoms with Gasteiger partial charge in [0.05, 0.1) is 6.04 Å². The molecule has 1 atom stereocenters.